The highest BCUT2D eigenvalue weighted by Gasteiger charge is 2.26. The van der Waals surface area contributed by atoms with Gasteiger partial charge in [0, 0.05) is 18.1 Å². The molecule has 25 heavy (non-hydrogen) atoms. The van der Waals surface area contributed by atoms with Gasteiger partial charge in [0.2, 0.25) is 0 Å². The van der Waals surface area contributed by atoms with Crippen molar-refractivity contribution in [2.24, 2.45) is 0 Å². The number of esters is 1. The molecule has 0 aromatic heterocycles. The molecule has 1 aliphatic rings. The van der Waals surface area contributed by atoms with Gasteiger partial charge in [-0.05, 0) is 25.0 Å². The van der Waals surface area contributed by atoms with E-state index in [1.165, 1.54) is 11.1 Å². The van der Waals surface area contributed by atoms with Crippen LogP contribution in [0.25, 0.3) is 11.1 Å². The molecule has 0 unspecified atom stereocenters. The fourth-order valence-electron chi connectivity index (χ4n) is 2.40. The molecule has 0 spiro atoms. The second-order valence-electron chi connectivity index (χ2n) is 6.30. The van der Waals surface area contributed by atoms with Crippen molar-refractivity contribution in [2.75, 3.05) is 19.1 Å². The van der Waals surface area contributed by atoms with Crippen molar-refractivity contribution in [1.82, 2.24) is 0 Å². The Bertz CT molecular complexity index is 882. The van der Waals surface area contributed by atoms with E-state index in [9.17, 15) is 13.2 Å². The Labute approximate surface area is 149 Å². The summed E-state index contributed by atoms with van der Waals surface area (Å²) in [6.07, 6.45) is 2.32. The number of benzene rings is 2. The van der Waals surface area contributed by atoms with Crippen LogP contribution in [-0.2, 0) is 19.4 Å². The van der Waals surface area contributed by atoms with Crippen LogP contribution < -0.4 is 0 Å². The predicted molar refractivity (Wildman–Crippen MR) is 101 cm³/mol. The van der Waals surface area contributed by atoms with Crippen LogP contribution in [-0.4, -0.2) is 33.5 Å². The van der Waals surface area contributed by atoms with Gasteiger partial charge in [-0.15, -0.1) is 0 Å². The molecule has 0 radical (unpaired) electrons. The summed E-state index contributed by atoms with van der Waals surface area (Å²) in [5, 5.41) is 0. The standard InChI is InChI=1S/C18H16O2.C2H6O2S/c1-12-3-7-14(8-4-12)16-11-20-18(19)17(16)15-9-5-13(2)6-10-15;1-5(2,3)4/h3-10H,11H2,1-2H3;1-2H3. The largest absolute Gasteiger partial charge is 0.457 e. The Hall–Kier alpha value is -2.40. The number of aryl methyl sites for hydroxylation is 2. The fraction of sp³-hybridized carbons (Fsp3) is 0.250. The summed E-state index contributed by atoms with van der Waals surface area (Å²) in [5.41, 5.74) is 6.02. The number of rotatable bonds is 2. The normalized spacial score (nSPS) is 14.0. The smallest absolute Gasteiger partial charge is 0.339 e. The van der Waals surface area contributed by atoms with E-state index in [0.29, 0.717) is 12.2 Å². The molecule has 0 atom stereocenters. The van der Waals surface area contributed by atoms with E-state index in [0.717, 1.165) is 29.2 Å². The Balaban J connectivity index is 0.000000399. The minimum absolute atomic E-state index is 0.232. The topological polar surface area (TPSA) is 60.4 Å². The molecule has 0 fully saturated rings. The molecule has 5 heteroatoms. The number of carbonyl (C=O) groups is 1. The van der Waals surface area contributed by atoms with Gasteiger partial charge in [0.25, 0.3) is 0 Å². The van der Waals surface area contributed by atoms with Crippen LogP contribution >= 0.6 is 0 Å². The lowest BCUT2D eigenvalue weighted by molar-refractivity contribution is -0.133. The SMILES string of the molecule is CS(C)(=O)=O.Cc1ccc(C2=C(c3ccc(C)cc3)C(=O)OC2)cc1. The summed E-state index contributed by atoms with van der Waals surface area (Å²) in [7, 11) is -2.67. The molecule has 1 aliphatic heterocycles. The van der Waals surface area contributed by atoms with Crippen LogP contribution in [0.2, 0.25) is 0 Å². The van der Waals surface area contributed by atoms with Gasteiger partial charge >= 0.3 is 5.97 Å². The molecule has 0 saturated carbocycles. The molecule has 2 aromatic carbocycles. The molecule has 3 rings (SSSR count). The number of ether oxygens (including phenoxy) is 1. The molecule has 0 aliphatic carbocycles. The molecule has 4 nitrogen and oxygen atoms in total. The van der Waals surface area contributed by atoms with Gasteiger partial charge in [-0.25, -0.2) is 13.2 Å². The van der Waals surface area contributed by atoms with E-state index in [1.807, 2.05) is 43.3 Å². The third-order valence-corrected chi connectivity index (χ3v) is 3.59. The Morgan fingerprint density at radius 1 is 0.800 bits per heavy atom. The van der Waals surface area contributed by atoms with E-state index in [2.05, 4.69) is 19.1 Å². The second-order valence-corrected chi connectivity index (χ2v) is 8.59. The molecule has 0 saturated heterocycles. The number of carbonyl (C=O) groups excluding carboxylic acids is 1. The monoisotopic (exact) mass is 358 g/mol. The van der Waals surface area contributed by atoms with Crippen LogP contribution in [0.3, 0.4) is 0 Å². The number of cyclic esters (lactones) is 1. The Morgan fingerprint density at radius 2 is 1.20 bits per heavy atom. The summed E-state index contributed by atoms with van der Waals surface area (Å²) >= 11 is 0. The highest BCUT2D eigenvalue weighted by atomic mass is 32.2. The summed E-state index contributed by atoms with van der Waals surface area (Å²) in [5.74, 6) is -0.232. The van der Waals surface area contributed by atoms with Crippen molar-refractivity contribution >= 4 is 27.0 Å². The summed E-state index contributed by atoms with van der Waals surface area (Å²) in [4.78, 5) is 12.0. The van der Waals surface area contributed by atoms with Crippen molar-refractivity contribution in [1.29, 1.82) is 0 Å². The highest BCUT2D eigenvalue weighted by molar-refractivity contribution is 7.89. The van der Waals surface area contributed by atoms with Crippen LogP contribution in [0.4, 0.5) is 0 Å². The molecular formula is C20H22O4S. The van der Waals surface area contributed by atoms with Crippen molar-refractivity contribution in [3.05, 3.63) is 70.8 Å². The molecule has 0 amide bonds. The lowest BCUT2D eigenvalue weighted by Crippen LogP contribution is -1.98. The molecule has 2 aromatic rings. The predicted octanol–water partition coefficient (Wildman–Crippen LogP) is 3.43. The van der Waals surface area contributed by atoms with E-state index in [1.54, 1.807) is 0 Å². The number of hydrogen-bond acceptors (Lipinski definition) is 4. The second kappa shape index (κ2) is 7.66. The van der Waals surface area contributed by atoms with Crippen molar-refractivity contribution in [3.8, 4) is 0 Å². The zero-order valence-electron chi connectivity index (χ0n) is 14.9. The minimum atomic E-state index is -2.67. The average molecular weight is 358 g/mol. The van der Waals surface area contributed by atoms with Crippen LogP contribution in [0.1, 0.15) is 22.3 Å². The van der Waals surface area contributed by atoms with Gasteiger partial charge in [0.05, 0.1) is 5.57 Å². The van der Waals surface area contributed by atoms with Gasteiger partial charge in [-0.1, -0.05) is 59.7 Å². The Kier molecular flexibility index (Phi) is 5.80. The minimum Gasteiger partial charge on any atom is -0.457 e. The molecule has 0 bridgehead atoms. The van der Waals surface area contributed by atoms with Crippen molar-refractivity contribution in [3.63, 3.8) is 0 Å². The van der Waals surface area contributed by atoms with E-state index in [4.69, 9.17) is 4.74 Å². The summed E-state index contributed by atoms with van der Waals surface area (Å²) in [6.45, 7) is 4.44. The maximum absolute atomic E-state index is 12.0. The first-order valence-corrected chi connectivity index (χ1v) is 10.1. The molecular weight excluding hydrogens is 336 g/mol. The molecule has 132 valence electrons. The third-order valence-electron chi connectivity index (χ3n) is 3.59. The van der Waals surface area contributed by atoms with E-state index >= 15 is 0 Å². The lowest BCUT2D eigenvalue weighted by atomic mass is 9.96. The van der Waals surface area contributed by atoms with Gasteiger partial charge in [0.1, 0.15) is 16.4 Å². The lowest BCUT2D eigenvalue weighted by Gasteiger charge is -2.05. The quantitative estimate of drug-likeness (QED) is 0.772. The average Bonchev–Trinajstić information content (AvgIpc) is 2.89. The highest BCUT2D eigenvalue weighted by Crippen LogP contribution is 2.33. The first-order chi connectivity index (χ1) is 11.6. The van der Waals surface area contributed by atoms with Gasteiger partial charge in [-0.2, -0.15) is 0 Å². The van der Waals surface area contributed by atoms with Gasteiger partial charge in [0.15, 0.2) is 0 Å². The maximum Gasteiger partial charge on any atom is 0.339 e. The van der Waals surface area contributed by atoms with Crippen LogP contribution in [0.15, 0.2) is 48.5 Å². The number of sulfone groups is 1. The molecule has 1 heterocycles. The zero-order chi connectivity index (χ0) is 18.6. The summed E-state index contributed by atoms with van der Waals surface area (Å²) in [6, 6.07) is 16.2. The van der Waals surface area contributed by atoms with Crippen molar-refractivity contribution in [2.45, 2.75) is 13.8 Å². The fourth-order valence-corrected chi connectivity index (χ4v) is 2.40. The first kappa shape index (κ1) is 18.9. The zero-order valence-corrected chi connectivity index (χ0v) is 15.7. The molecule has 0 N–H and O–H groups in total. The van der Waals surface area contributed by atoms with E-state index < -0.39 is 9.84 Å². The maximum atomic E-state index is 12.0. The third kappa shape index (κ3) is 5.57. The van der Waals surface area contributed by atoms with Crippen molar-refractivity contribution < 1.29 is 17.9 Å². The Morgan fingerprint density at radius 3 is 1.64 bits per heavy atom. The van der Waals surface area contributed by atoms with E-state index in [-0.39, 0.29) is 5.97 Å². The van der Waals surface area contributed by atoms with Crippen LogP contribution in [0.5, 0.6) is 0 Å². The van der Waals surface area contributed by atoms with Gasteiger partial charge < -0.3 is 4.74 Å². The van der Waals surface area contributed by atoms with Gasteiger partial charge in [-0.3, -0.25) is 0 Å². The first-order valence-electron chi connectivity index (χ1n) is 7.84. The van der Waals surface area contributed by atoms with Crippen LogP contribution in [0, 0.1) is 13.8 Å². The number of hydrogen-bond donors (Lipinski definition) is 0. The summed E-state index contributed by atoms with van der Waals surface area (Å²) < 4.78 is 24.5.